The first-order valence-electron chi connectivity index (χ1n) is 22.5. The van der Waals surface area contributed by atoms with Crippen molar-refractivity contribution in [2.24, 2.45) is 15.7 Å². The van der Waals surface area contributed by atoms with Crippen LogP contribution in [0.15, 0.2) is 204 Å². The number of allylic oxidation sites excluding steroid dienone is 4. The molecule has 0 saturated heterocycles. The molecule has 4 nitrogen and oxygen atoms in total. The molecule has 10 aromatic rings. The standard InChI is InChI=1S/C61H47N3OS2/c1-7-36(35-63-60(37-18-12-11-13-19-37)64-59(62)40-25-27-44-41(8-2)49(9-3)61(5,6)50(44)33-40)56-48-32-38(26-31-52(48)65-51(56)10-4)42-29-30-43(58-57(42)47-21-15-17-23-54(47)67-58)39-24-28-46-45-20-14-16-22-53(45)66-55(46)34-39/h7-34H,1-3,35H2,4-6H3,(H2,62,63,64)/b51-10+,56-36+. The van der Waals surface area contributed by atoms with Crippen LogP contribution in [0.2, 0.25) is 0 Å². The molecule has 1 aliphatic rings. The van der Waals surface area contributed by atoms with E-state index in [1.165, 1.54) is 57.0 Å². The largest absolute Gasteiger partial charge is 0.456 e. The summed E-state index contributed by atoms with van der Waals surface area (Å²) in [5.41, 5.74) is 20.1. The number of amidine groups is 2. The molecule has 2 N–H and O–H groups in total. The van der Waals surface area contributed by atoms with Crippen molar-refractivity contribution in [2.45, 2.75) is 26.2 Å². The molecule has 1 aliphatic carbocycles. The first-order valence-corrected chi connectivity index (χ1v) is 24.1. The molecule has 0 bridgehead atoms. The summed E-state index contributed by atoms with van der Waals surface area (Å²) >= 11 is 3.72. The van der Waals surface area contributed by atoms with Crippen LogP contribution < -0.4 is 16.4 Å². The molecule has 11 rings (SSSR count). The third-order valence-electron chi connectivity index (χ3n) is 13.4. The fraction of sp³-hybridized carbons (Fsp3) is 0.0820. The molecule has 0 saturated carbocycles. The monoisotopic (exact) mass is 901 g/mol. The van der Waals surface area contributed by atoms with Crippen molar-refractivity contribution < 1.29 is 4.42 Å². The van der Waals surface area contributed by atoms with Crippen molar-refractivity contribution in [3.63, 3.8) is 0 Å². The van der Waals surface area contributed by atoms with E-state index in [0.717, 1.165) is 66.1 Å². The lowest BCUT2D eigenvalue weighted by molar-refractivity contribution is 0.574. The summed E-state index contributed by atoms with van der Waals surface area (Å²) in [5, 5.41) is 7.09. The number of furan rings is 1. The number of thiophene rings is 2. The van der Waals surface area contributed by atoms with Crippen LogP contribution in [0.1, 0.15) is 43.0 Å². The Morgan fingerprint density at radius 1 is 0.657 bits per heavy atom. The second-order valence-electron chi connectivity index (χ2n) is 17.5. The molecule has 0 spiro atoms. The lowest BCUT2D eigenvalue weighted by Gasteiger charge is -2.23. The van der Waals surface area contributed by atoms with Crippen LogP contribution in [-0.4, -0.2) is 18.2 Å². The first kappa shape index (κ1) is 42.0. The molecule has 0 amide bonds. The quantitative estimate of drug-likeness (QED) is 0.116. The Labute approximate surface area is 397 Å². The van der Waals surface area contributed by atoms with E-state index in [1.54, 1.807) is 0 Å². The van der Waals surface area contributed by atoms with Crippen molar-refractivity contribution in [3.05, 3.63) is 222 Å². The third kappa shape index (κ3) is 6.95. The number of fused-ring (bicyclic) bond motifs is 8. The number of benzene rings is 7. The highest BCUT2D eigenvalue weighted by molar-refractivity contribution is 7.26. The number of aliphatic imine (C=N–C) groups is 2. The molecular formula is C61H47N3OS2. The van der Waals surface area contributed by atoms with Gasteiger partial charge in [-0.2, -0.15) is 0 Å². The van der Waals surface area contributed by atoms with Gasteiger partial charge in [0.1, 0.15) is 16.8 Å². The molecule has 7 aromatic carbocycles. The normalized spacial score (nSPS) is 14.8. The highest BCUT2D eigenvalue weighted by atomic mass is 32.1. The molecule has 3 aromatic heterocycles. The van der Waals surface area contributed by atoms with Gasteiger partial charge in [-0.3, -0.25) is 4.99 Å². The average molecular weight is 902 g/mol. The van der Waals surface area contributed by atoms with E-state index in [9.17, 15) is 0 Å². The maximum absolute atomic E-state index is 6.89. The Bertz CT molecular complexity index is 3940. The summed E-state index contributed by atoms with van der Waals surface area (Å²) in [6.07, 6.45) is 7.75. The van der Waals surface area contributed by atoms with Crippen LogP contribution in [0.25, 0.3) is 90.8 Å². The lowest BCUT2D eigenvalue weighted by Crippen LogP contribution is -2.24. The summed E-state index contributed by atoms with van der Waals surface area (Å²) in [5.74, 6) is 0.913. The van der Waals surface area contributed by atoms with Crippen molar-refractivity contribution in [1.29, 1.82) is 0 Å². The topological polar surface area (TPSA) is 63.9 Å². The number of hydrogen-bond acceptors (Lipinski definition) is 4. The van der Waals surface area contributed by atoms with Gasteiger partial charge in [-0.05, 0) is 99.5 Å². The van der Waals surface area contributed by atoms with Gasteiger partial charge in [0.15, 0.2) is 5.84 Å². The van der Waals surface area contributed by atoms with Crippen molar-refractivity contribution >= 4 is 103 Å². The van der Waals surface area contributed by atoms with E-state index in [2.05, 4.69) is 143 Å². The van der Waals surface area contributed by atoms with E-state index >= 15 is 0 Å². The molecule has 0 aliphatic heterocycles. The molecule has 3 heterocycles. The Morgan fingerprint density at radius 3 is 2.10 bits per heavy atom. The molecule has 67 heavy (non-hydrogen) atoms. The molecule has 0 atom stereocenters. The van der Waals surface area contributed by atoms with Crippen LogP contribution in [0.5, 0.6) is 0 Å². The highest BCUT2D eigenvalue weighted by Gasteiger charge is 2.35. The highest BCUT2D eigenvalue weighted by Crippen LogP contribution is 2.48. The zero-order valence-electron chi connectivity index (χ0n) is 37.7. The minimum atomic E-state index is -0.259. The maximum atomic E-state index is 6.89. The van der Waals surface area contributed by atoms with Crippen LogP contribution in [0, 0.1) is 0 Å². The third-order valence-corrected chi connectivity index (χ3v) is 15.7. The first-order chi connectivity index (χ1) is 32.7. The number of hydrogen-bond donors (Lipinski definition) is 1. The van der Waals surface area contributed by atoms with Crippen LogP contribution in [0.3, 0.4) is 0 Å². The van der Waals surface area contributed by atoms with Gasteiger partial charge in [0.05, 0.1) is 6.54 Å². The van der Waals surface area contributed by atoms with Crippen molar-refractivity contribution in [2.75, 3.05) is 6.54 Å². The van der Waals surface area contributed by atoms with Gasteiger partial charge in [-0.25, -0.2) is 4.99 Å². The zero-order chi connectivity index (χ0) is 46.0. The Kier molecular flexibility index (Phi) is 10.4. The van der Waals surface area contributed by atoms with Crippen LogP contribution >= 0.6 is 22.7 Å². The van der Waals surface area contributed by atoms with Gasteiger partial charge < -0.3 is 10.2 Å². The maximum Gasteiger partial charge on any atom is 0.157 e. The summed E-state index contributed by atoms with van der Waals surface area (Å²) in [6.45, 7) is 19.2. The Balaban J connectivity index is 1.03. The minimum Gasteiger partial charge on any atom is -0.456 e. The Hall–Kier alpha value is -7.64. The molecule has 6 heteroatoms. The SMILES string of the molecule is C=CC1=C(C=C)C(C)(C)c2cc(C(N)=NC(=NC/C(C=C)=c3/c(=C\C)oc4ccc(-c5ccc(-c6ccc7c(c6)sc6ccccc67)c6sc7ccccc7c56)cc34)c3ccccc3)ccc21. The van der Waals surface area contributed by atoms with Gasteiger partial charge in [0.2, 0.25) is 0 Å². The summed E-state index contributed by atoms with van der Waals surface area (Å²) in [7, 11) is 0. The smallest absolute Gasteiger partial charge is 0.157 e. The fourth-order valence-corrected chi connectivity index (χ4v) is 12.4. The fourth-order valence-electron chi connectivity index (χ4n) is 10.0. The van der Waals surface area contributed by atoms with Crippen LogP contribution in [-0.2, 0) is 5.41 Å². The minimum absolute atomic E-state index is 0.259. The predicted molar refractivity (Wildman–Crippen MR) is 291 cm³/mol. The lowest BCUT2D eigenvalue weighted by atomic mass is 9.80. The van der Waals surface area contributed by atoms with E-state index in [1.807, 2.05) is 90.3 Å². The zero-order valence-corrected chi connectivity index (χ0v) is 39.3. The van der Waals surface area contributed by atoms with Gasteiger partial charge in [0, 0.05) is 67.5 Å². The Morgan fingerprint density at radius 2 is 1.34 bits per heavy atom. The number of nitrogens with zero attached hydrogens (tertiary/aromatic N) is 2. The second-order valence-corrected chi connectivity index (χ2v) is 19.6. The molecule has 324 valence electrons. The summed E-state index contributed by atoms with van der Waals surface area (Å²) in [6, 6.07) is 51.8. The predicted octanol–water partition coefficient (Wildman–Crippen LogP) is 14.9. The summed E-state index contributed by atoms with van der Waals surface area (Å²) < 4.78 is 11.7. The van der Waals surface area contributed by atoms with Crippen molar-refractivity contribution in [3.8, 4) is 22.3 Å². The molecule has 0 fully saturated rings. The van der Waals surface area contributed by atoms with E-state index in [0.29, 0.717) is 18.2 Å². The van der Waals surface area contributed by atoms with Gasteiger partial charge in [-0.15, -0.1) is 22.7 Å². The molecule has 0 radical (unpaired) electrons. The summed E-state index contributed by atoms with van der Waals surface area (Å²) in [4.78, 5) is 10.2. The number of nitrogens with two attached hydrogens (primary N) is 1. The van der Waals surface area contributed by atoms with E-state index < -0.39 is 0 Å². The number of rotatable bonds is 9. The van der Waals surface area contributed by atoms with Crippen LogP contribution in [0.4, 0.5) is 0 Å². The second kappa shape index (κ2) is 16.7. The van der Waals surface area contributed by atoms with Gasteiger partial charge >= 0.3 is 0 Å². The average Bonchev–Trinajstić information content (AvgIpc) is 4.10. The van der Waals surface area contributed by atoms with Gasteiger partial charge in [-0.1, -0.05) is 161 Å². The molecule has 0 unspecified atom stereocenters. The van der Waals surface area contributed by atoms with E-state index in [4.69, 9.17) is 20.1 Å². The molecular weight excluding hydrogens is 855 g/mol. The van der Waals surface area contributed by atoms with E-state index in [-0.39, 0.29) is 5.41 Å². The van der Waals surface area contributed by atoms with Crippen molar-refractivity contribution in [1.82, 2.24) is 0 Å². The van der Waals surface area contributed by atoms with Gasteiger partial charge in [0.25, 0.3) is 0 Å².